The van der Waals surface area contributed by atoms with E-state index < -0.39 is 34.2 Å². The normalized spacial score (nSPS) is 40.0. The molecule has 1 N–H and O–H groups in total. The summed E-state index contributed by atoms with van der Waals surface area (Å²) in [6.07, 6.45) is 2.69. The van der Waals surface area contributed by atoms with Crippen LogP contribution in [0.3, 0.4) is 0 Å². The van der Waals surface area contributed by atoms with E-state index in [-0.39, 0.29) is 34.8 Å². The highest BCUT2D eigenvalue weighted by Crippen LogP contribution is 2.44. The Bertz CT molecular complexity index is 969. The van der Waals surface area contributed by atoms with E-state index in [1.54, 1.807) is 14.2 Å². The molecule has 11 heteroatoms. The van der Waals surface area contributed by atoms with Gasteiger partial charge in [0.1, 0.15) is 6.04 Å². The number of halogens is 3. The molecule has 7 nitrogen and oxygen atoms in total. The van der Waals surface area contributed by atoms with E-state index in [4.69, 9.17) is 0 Å². The van der Waals surface area contributed by atoms with Gasteiger partial charge in [0, 0.05) is 38.8 Å². The minimum absolute atomic E-state index is 0.204. The van der Waals surface area contributed by atoms with Crippen LogP contribution in [0.5, 0.6) is 0 Å². The number of fused-ring (bicyclic) bond motifs is 1. The average Bonchev–Trinajstić information content (AvgIpc) is 3.27. The van der Waals surface area contributed by atoms with Gasteiger partial charge in [0.2, 0.25) is 15.9 Å². The molecule has 5 aliphatic rings. The van der Waals surface area contributed by atoms with E-state index in [2.05, 4.69) is 26.2 Å². The number of sulfonamides is 1. The quantitative estimate of drug-likeness (QED) is 0.542. The predicted octanol–water partition coefficient (Wildman–Crippen LogP) is 4.26. The molecule has 39 heavy (non-hydrogen) atoms. The minimum Gasteiger partial charge on any atom is -0.342 e. The third-order valence-corrected chi connectivity index (χ3v) is 12.9. The largest absolute Gasteiger partial charge is 0.406 e. The number of nitrogens with one attached hydrogen (secondary N) is 1. The van der Waals surface area contributed by atoms with Gasteiger partial charge in [-0.1, -0.05) is 20.8 Å². The van der Waals surface area contributed by atoms with Crippen LogP contribution in [0.2, 0.25) is 0 Å². The summed E-state index contributed by atoms with van der Waals surface area (Å²) in [5, 5.41) is 1.42. The molecular formula is C28H47F3N4O3S. The molecule has 4 aliphatic heterocycles. The second-order valence-electron chi connectivity index (χ2n) is 13.6. The van der Waals surface area contributed by atoms with Gasteiger partial charge in [-0.15, -0.1) is 0 Å². The molecule has 1 saturated carbocycles. The summed E-state index contributed by atoms with van der Waals surface area (Å²) in [6, 6.07) is -2.34. The monoisotopic (exact) mass is 576 g/mol. The lowest BCUT2D eigenvalue weighted by molar-refractivity contribution is -0.173. The third kappa shape index (κ3) is 6.16. The highest BCUT2D eigenvalue weighted by Gasteiger charge is 2.59. The summed E-state index contributed by atoms with van der Waals surface area (Å²) >= 11 is 0. The molecule has 4 heterocycles. The Morgan fingerprint density at radius 1 is 0.795 bits per heavy atom. The first kappa shape index (κ1) is 29.6. The minimum atomic E-state index is -4.50. The predicted molar refractivity (Wildman–Crippen MR) is 144 cm³/mol. The van der Waals surface area contributed by atoms with Crippen molar-refractivity contribution in [3.63, 3.8) is 0 Å². The number of piperidine rings is 3. The Morgan fingerprint density at radius 2 is 1.38 bits per heavy atom. The third-order valence-electron chi connectivity index (χ3n) is 10.5. The number of hydrogen-bond acceptors (Lipinski definition) is 5. The summed E-state index contributed by atoms with van der Waals surface area (Å²) in [5.41, 5.74) is 2.69. The Hall–Kier alpha value is -0.910. The smallest absolute Gasteiger partial charge is 0.342 e. The van der Waals surface area contributed by atoms with Gasteiger partial charge >= 0.3 is 6.18 Å². The Balaban J connectivity index is 1.25. The summed E-state index contributed by atoms with van der Waals surface area (Å²) < 4.78 is 70.8. The van der Waals surface area contributed by atoms with Crippen LogP contribution in [-0.2, 0) is 14.8 Å². The van der Waals surface area contributed by atoms with Gasteiger partial charge in [-0.3, -0.25) is 4.79 Å². The zero-order chi connectivity index (χ0) is 28.1. The van der Waals surface area contributed by atoms with Crippen LogP contribution in [0, 0.1) is 35.5 Å². The summed E-state index contributed by atoms with van der Waals surface area (Å²) in [7, 11) is -3.30. The van der Waals surface area contributed by atoms with E-state index in [0.29, 0.717) is 45.1 Å². The van der Waals surface area contributed by atoms with E-state index in [9.17, 15) is 26.4 Å². The standard InChI is InChI=1S/C28H47F3N4O3S/c1-18-4-6-23(7-5-18)39(37,38)34-11-8-21(9-12-34)22-10-13-35-24(15-22)25(26(32-35)28(29,30)31)27(36)33-16-19(2)14-20(3)17-33/h18-26,32H,4-17H2,1-3H3. The first-order valence-electron chi connectivity index (χ1n) is 15.2. The highest BCUT2D eigenvalue weighted by molar-refractivity contribution is 7.89. The van der Waals surface area contributed by atoms with E-state index in [1.165, 1.54) is 0 Å². The lowest BCUT2D eigenvalue weighted by atomic mass is 9.74. The van der Waals surface area contributed by atoms with Crippen molar-refractivity contribution in [3.05, 3.63) is 0 Å². The van der Waals surface area contributed by atoms with Crippen molar-refractivity contribution in [3.8, 4) is 0 Å². The molecule has 1 amide bonds. The molecule has 5 fully saturated rings. The molecule has 0 bridgehead atoms. The number of amides is 1. The molecule has 0 spiro atoms. The first-order valence-corrected chi connectivity index (χ1v) is 16.7. The molecule has 6 unspecified atom stereocenters. The van der Waals surface area contributed by atoms with Crippen molar-refractivity contribution < 1.29 is 26.4 Å². The maximum Gasteiger partial charge on any atom is 0.406 e. The van der Waals surface area contributed by atoms with E-state index in [1.807, 2.05) is 0 Å². The lowest BCUT2D eigenvalue weighted by Crippen LogP contribution is -2.53. The summed E-state index contributed by atoms with van der Waals surface area (Å²) in [4.78, 5) is 15.4. The molecule has 5 rings (SSSR count). The SMILES string of the molecule is CC1CCC(S(=O)(=O)N2CCC(C3CCN4NC(C(F)(F)F)C(C(=O)N5CC(C)CC(C)C5)C4C3)CC2)CC1. The molecule has 6 atom stereocenters. The van der Waals surface area contributed by atoms with Crippen LogP contribution in [0.25, 0.3) is 0 Å². The fraction of sp³-hybridized carbons (Fsp3) is 0.964. The van der Waals surface area contributed by atoms with Gasteiger partial charge in [0.05, 0.1) is 11.2 Å². The molecule has 1 aliphatic carbocycles. The zero-order valence-electron chi connectivity index (χ0n) is 23.7. The maximum absolute atomic E-state index is 14.2. The van der Waals surface area contributed by atoms with Crippen LogP contribution in [0.4, 0.5) is 13.2 Å². The molecular weight excluding hydrogens is 529 g/mol. The van der Waals surface area contributed by atoms with Gasteiger partial charge in [-0.05, 0) is 87.4 Å². The topological polar surface area (TPSA) is 73.0 Å². The van der Waals surface area contributed by atoms with E-state index >= 15 is 0 Å². The van der Waals surface area contributed by atoms with Crippen molar-refractivity contribution >= 4 is 15.9 Å². The fourth-order valence-corrected chi connectivity index (χ4v) is 10.4. The molecule has 0 radical (unpaired) electrons. The van der Waals surface area contributed by atoms with Gasteiger partial charge in [-0.2, -0.15) is 13.2 Å². The average molecular weight is 577 g/mol. The molecule has 0 aromatic carbocycles. The number of carbonyl (C=O) groups is 1. The fourth-order valence-electron chi connectivity index (χ4n) is 8.41. The van der Waals surface area contributed by atoms with Crippen molar-refractivity contribution in [2.45, 2.75) is 102 Å². The second-order valence-corrected chi connectivity index (χ2v) is 15.8. The van der Waals surface area contributed by atoms with Crippen molar-refractivity contribution in [1.82, 2.24) is 19.6 Å². The number of rotatable bonds is 4. The van der Waals surface area contributed by atoms with Gasteiger partial charge in [0.25, 0.3) is 0 Å². The molecule has 0 aromatic rings. The number of hydrazine groups is 1. The van der Waals surface area contributed by atoms with Gasteiger partial charge in [0.15, 0.2) is 0 Å². The van der Waals surface area contributed by atoms with Crippen molar-refractivity contribution in [2.75, 3.05) is 32.7 Å². The lowest BCUT2D eigenvalue weighted by Gasteiger charge is -2.43. The van der Waals surface area contributed by atoms with Gasteiger partial charge in [-0.25, -0.2) is 23.2 Å². The number of carbonyl (C=O) groups excluding carboxylic acids is 1. The summed E-state index contributed by atoms with van der Waals surface area (Å²) in [5.74, 6) is 0.136. The van der Waals surface area contributed by atoms with Crippen LogP contribution in [0.1, 0.15) is 78.6 Å². The van der Waals surface area contributed by atoms with E-state index in [0.717, 1.165) is 51.4 Å². The molecule has 224 valence electrons. The highest BCUT2D eigenvalue weighted by atomic mass is 32.2. The molecule has 4 saturated heterocycles. The maximum atomic E-state index is 14.2. The van der Waals surface area contributed by atoms with Crippen molar-refractivity contribution in [1.29, 1.82) is 0 Å². The van der Waals surface area contributed by atoms with Crippen LogP contribution in [-0.4, -0.2) is 84.8 Å². The molecule has 0 aromatic heterocycles. The second kappa shape index (κ2) is 11.4. The number of alkyl halides is 3. The summed E-state index contributed by atoms with van der Waals surface area (Å²) in [6.45, 7) is 8.83. The van der Waals surface area contributed by atoms with Crippen LogP contribution in [0.15, 0.2) is 0 Å². The Kier molecular flexibility index (Phi) is 8.65. The number of hydrogen-bond donors (Lipinski definition) is 1. The Labute approximate surface area is 232 Å². The van der Waals surface area contributed by atoms with Crippen LogP contribution < -0.4 is 5.43 Å². The number of likely N-dealkylation sites (tertiary alicyclic amines) is 1. The number of nitrogens with zero attached hydrogens (tertiary/aromatic N) is 3. The van der Waals surface area contributed by atoms with Crippen molar-refractivity contribution in [2.24, 2.45) is 35.5 Å². The zero-order valence-corrected chi connectivity index (χ0v) is 24.5. The first-order chi connectivity index (χ1) is 18.3. The van der Waals surface area contributed by atoms with Gasteiger partial charge < -0.3 is 4.90 Å². The van der Waals surface area contributed by atoms with Crippen LogP contribution >= 0.6 is 0 Å². The Morgan fingerprint density at radius 3 is 1.97 bits per heavy atom.